The minimum absolute atomic E-state index is 0.00974. The zero-order valence-corrected chi connectivity index (χ0v) is 21.6. The molecule has 200 valence electrons. The molecule has 1 aliphatic carbocycles. The first-order valence-corrected chi connectivity index (χ1v) is 13.0. The van der Waals surface area contributed by atoms with Gasteiger partial charge < -0.3 is 20.1 Å². The summed E-state index contributed by atoms with van der Waals surface area (Å²) in [5, 5.41) is 20.9. The maximum atomic E-state index is 13.6. The minimum atomic E-state index is -1.02. The molecule has 39 heavy (non-hydrogen) atoms. The number of rotatable bonds is 12. The van der Waals surface area contributed by atoms with E-state index < -0.39 is 24.0 Å². The summed E-state index contributed by atoms with van der Waals surface area (Å²) in [4.78, 5) is 39.2. The van der Waals surface area contributed by atoms with E-state index in [0.717, 1.165) is 27.8 Å². The molecule has 0 heterocycles. The Hall–Kier alpha value is -4.64. The Kier molecular flexibility index (Phi) is 9.30. The van der Waals surface area contributed by atoms with Crippen LogP contribution in [0, 0.1) is 11.3 Å². The quantitative estimate of drug-likeness (QED) is 0.318. The number of ether oxygens (including phenoxy) is 1. The van der Waals surface area contributed by atoms with Crippen LogP contribution in [0.3, 0.4) is 0 Å². The number of carboxylic acids is 1. The molecular formula is C31H31N3O5. The van der Waals surface area contributed by atoms with Gasteiger partial charge >= 0.3 is 12.1 Å². The lowest BCUT2D eigenvalue weighted by molar-refractivity contribution is -0.139. The molecule has 0 fully saturated rings. The van der Waals surface area contributed by atoms with Crippen LogP contribution in [0.2, 0.25) is 0 Å². The maximum absolute atomic E-state index is 13.6. The number of unbranched alkanes of at least 4 members (excludes halogenated alkanes) is 1. The van der Waals surface area contributed by atoms with E-state index in [0.29, 0.717) is 6.42 Å². The molecule has 3 aromatic rings. The maximum Gasteiger partial charge on any atom is 0.407 e. The number of carbonyl (C=O) groups is 3. The summed E-state index contributed by atoms with van der Waals surface area (Å²) >= 11 is 0. The molecule has 0 radical (unpaired) electrons. The van der Waals surface area contributed by atoms with E-state index in [-0.39, 0.29) is 44.9 Å². The highest BCUT2D eigenvalue weighted by Gasteiger charge is 2.31. The van der Waals surface area contributed by atoms with Gasteiger partial charge in [-0.15, -0.1) is 0 Å². The van der Waals surface area contributed by atoms with E-state index >= 15 is 0 Å². The molecule has 8 nitrogen and oxygen atoms in total. The molecule has 4 rings (SSSR count). The van der Waals surface area contributed by atoms with Crippen molar-refractivity contribution in [2.45, 2.75) is 44.2 Å². The number of hydrogen-bond donors (Lipinski definition) is 2. The third-order valence-corrected chi connectivity index (χ3v) is 6.84. The van der Waals surface area contributed by atoms with Gasteiger partial charge in [0, 0.05) is 25.4 Å². The summed E-state index contributed by atoms with van der Waals surface area (Å²) in [7, 11) is 0. The largest absolute Gasteiger partial charge is 0.481 e. The average molecular weight is 526 g/mol. The number of benzene rings is 3. The third-order valence-electron chi connectivity index (χ3n) is 6.84. The third kappa shape index (κ3) is 7.02. The SMILES string of the molecule is N#CCCCC(NC(=O)OCC1c2ccccc2-c2ccccc21)C(=O)N(CCC(=O)O)Cc1ccccc1. The fraction of sp³-hybridized carbons (Fsp3) is 0.290. The molecule has 0 spiro atoms. The molecule has 0 aromatic heterocycles. The first-order valence-electron chi connectivity index (χ1n) is 13.0. The first kappa shape index (κ1) is 27.4. The van der Waals surface area contributed by atoms with Gasteiger partial charge in [0.1, 0.15) is 12.6 Å². The van der Waals surface area contributed by atoms with Crippen LogP contribution in [0.4, 0.5) is 4.79 Å². The number of carbonyl (C=O) groups excluding carboxylic acids is 2. The fourth-order valence-corrected chi connectivity index (χ4v) is 4.95. The summed E-state index contributed by atoms with van der Waals surface area (Å²) in [5.41, 5.74) is 5.23. The van der Waals surface area contributed by atoms with Crippen molar-refractivity contribution in [2.24, 2.45) is 0 Å². The number of fused-ring (bicyclic) bond motifs is 3. The minimum Gasteiger partial charge on any atom is -0.481 e. The molecule has 2 N–H and O–H groups in total. The number of amides is 2. The van der Waals surface area contributed by atoms with Gasteiger partial charge in [-0.1, -0.05) is 78.9 Å². The Morgan fingerprint density at radius 1 is 0.949 bits per heavy atom. The Morgan fingerprint density at radius 3 is 2.18 bits per heavy atom. The van der Waals surface area contributed by atoms with Gasteiger partial charge in [-0.3, -0.25) is 9.59 Å². The molecule has 0 aliphatic heterocycles. The van der Waals surface area contributed by atoms with Crippen LogP contribution in [-0.4, -0.2) is 47.2 Å². The predicted molar refractivity (Wildman–Crippen MR) is 146 cm³/mol. The van der Waals surface area contributed by atoms with Gasteiger partial charge in [-0.2, -0.15) is 5.26 Å². The number of nitrogens with one attached hydrogen (secondary N) is 1. The van der Waals surface area contributed by atoms with Gasteiger partial charge in [-0.25, -0.2) is 4.79 Å². The molecule has 1 atom stereocenters. The topological polar surface area (TPSA) is 120 Å². The molecular weight excluding hydrogens is 494 g/mol. The van der Waals surface area contributed by atoms with E-state index in [9.17, 15) is 19.5 Å². The van der Waals surface area contributed by atoms with Crippen LogP contribution in [0.5, 0.6) is 0 Å². The Bertz CT molecular complexity index is 1310. The van der Waals surface area contributed by atoms with Gasteiger partial charge in [-0.05, 0) is 40.7 Å². The van der Waals surface area contributed by atoms with Gasteiger partial charge in [0.05, 0.1) is 12.5 Å². The summed E-state index contributed by atoms with van der Waals surface area (Å²) in [5.74, 6) is -1.56. The second kappa shape index (κ2) is 13.2. The Balaban J connectivity index is 1.46. The van der Waals surface area contributed by atoms with Crippen molar-refractivity contribution in [3.8, 4) is 17.2 Å². The van der Waals surface area contributed by atoms with E-state index in [1.54, 1.807) is 0 Å². The number of nitrogens with zero attached hydrogens (tertiary/aromatic N) is 2. The smallest absolute Gasteiger partial charge is 0.407 e. The van der Waals surface area contributed by atoms with E-state index in [4.69, 9.17) is 10.00 Å². The zero-order valence-electron chi connectivity index (χ0n) is 21.6. The normalized spacial score (nSPS) is 12.5. The molecule has 3 aromatic carbocycles. The van der Waals surface area contributed by atoms with Crippen LogP contribution in [-0.2, 0) is 20.9 Å². The molecule has 0 bridgehead atoms. The van der Waals surface area contributed by atoms with Crippen molar-refractivity contribution in [3.63, 3.8) is 0 Å². The number of hydrogen-bond acceptors (Lipinski definition) is 5. The second-order valence-electron chi connectivity index (χ2n) is 9.46. The number of carboxylic acid groups (broad SMARTS) is 1. The van der Waals surface area contributed by atoms with Crippen LogP contribution in [0.15, 0.2) is 78.9 Å². The summed E-state index contributed by atoms with van der Waals surface area (Å²) in [6, 6.07) is 26.4. The van der Waals surface area contributed by atoms with Crippen molar-refractivity contribution in [2.75, 3.05) is 13.2 Å². The molecule has 0 saturated carbocycles. The van der Waals surface area contributed by atoms with E-state index in [1.807, 2.05) is 66.7 Å². The Labute approximate surface area is 227 Å². The van der Waals surface area contributed by atoms with Crippen molar-refractivity contribution in [3.05, 3.63) is 95.6 Å². The second-order valence-corrected chi connectivity index (χ2v) is 9.46. The lowest BCUT2D eigenvalue weighted by Crippen LogP contribution is -2.49. The number of aliphatic carboxylic acids is 1. The molecule has 0 saturated heterocycles. The average Bonchev–Trinajstić information content (AvgIpc) is 3.27. The van der Waals surface area contributed by atoms with E-state index in [2.05, 4.69) is 23.5 Å². The number of alkyl carbamates (subject to hydrolysis) is 1. The van der Waals surface area contributed by atoms with Gasteiger partial charge in [0.15, 0.2) is 0 Å². The van der Waals surface area contributed by atoms with Crippen molar-refractivity contribution < 1.29 is 24.2 Å². The molecule has 8 heteroatoms. The summed E-state index contributed by atoms with van der Waals surface area (Å²) in [6.07, 6.45) is -0.104. The first-order chi connectivity index (χ1) is 19.0. The predicted octanol–water partition coefficient (Wildman–Crippen LogP) is 5.09. The molecule has 2 amide bonds. The van der Waals surface area contributed by atoms with Crippen LogP contribution >= 0.6 is 0 Å². The Morgan fingerprint density at radius 2 is 1.56 bits per heavy atom. The van der Waals surface area contributed by atoms with Crippen LogP contribution < -0.4 is 5.32 Å². The lowest BCUT2D eigenvalue weighted by Gasteiger charge is -2.28. The van der Waals surface area contributed by atoms with Gasteiger partial charge in [0.25, 0.3) is 0 Å². The van der Waals surface area contributed by atoms with E-state index in [1.165, 1.54) is 4.90 Å². The number of nitriles is 1. The van der Waals surface area contributed by atoms with Crippen molar-refractivity contribution >= 4 is 18.0 Å². The monoisotopic (exact) mass is 525 g/mol. The zero-order chi connectivity index (χ0) is 27.6. The highest BCUT2D eigenvalue weighted by Crippen LogP contribution is 2.44. The van der Waals surface area contributed by atoms with Crippen molar-refractivity contribution in [1.82, 2.24) is 10.2 Å². The molecule has 1 aliphatic rings. The standard InChI is InChI=1S/C31H31N3O5/c32-18-9-8-16-28(30(37)34(19-17-29(35)36)20-22-10-2-1-3-11-22)33-31(38)39-21-27-25-14-6-4-12-23(25)24-13-5-7-15-26(24)27/h1-7,10-15,27-28H,8-9,16-17,19-21H2,(H,33,38)(H,35,36). The van der Waals surface area contributed by atoms with Crippen LogP contribution in [0.1, 0.15) is 48.3 Å². The summed E-state index contributed by atoms with van der Waals surface area (Å²) in [6.45, 7) is 0.296. The molecule has 1 unspecified atom stereocenters. The highest BCUT2D eigenvalue weighted by molar-refractivity contribution is 5.86. The van der Waals surface area contributed by atoms with Crippen molar-refractivity contribution in [1.29, 1.82) is 5.26 Å². The highest BCUT2D eigenvalue weighted by atomic mass is 16.5. The van der Waals surface area contributed by atoms with Crippen LogP contribution in [0.25, 0.3) is 11.1 Å². The summed E-state index contributed by atoms with van der Waals surface area (Å²) < 4.78 is 5.64. The lowest BCUT2D eigenvalue weighted by atomic mass is 9.98. The fourth-order valence-electron chi connectivity index (χ4n) is 4.95. The van der Waals surface area contributed by atoms with Gasteiger partial charge in [0.2, 0.25) is 5.91 Å².